The van der Waals surface area contributed by atoms with Gasteiger partial charge in [-0.15, -0.1) is 0 Å². The predicted octanol–water partition coefficient (Wildman–Crippen LogP) is 1.43. The molecule has 1 aliphatic rings. The number of carbonyl (C=O) groups is 1. The number of hydrogen-bond donors (Lipinski definition) is 1. The van der Waals surface area contributed by atoms with E-state index in [-0.39, 0.29) is 5.97 Å². The maximum atomic E-state index is 11.3. The average molecular weight is 254 g/mol. The Balaban J connectivity index is 2.08. The third-order valence-corrected chi connectivity index (χ3v) is 3.16. The first-order valence-electron chi connectivity index (χ1n) is 6.91. The molecule has 0 amide bonds. The van der Waals surface area contributed by atoms with E-state index >= 15 is 0 Å². The Morgan fingerprint density at radius 1 is 1.44 bits per heavy atom. The quantitative estimate of drug-likeness (QED) is 0.525. The third-order valence-electron chi connectivity index (χ3n) is 3.16. The van der Waals surface area contributed by atoms with Crippen LogP contribution in [-0.2, 0) is 9.53 Å². The summed E-state index contributed by atoms with van der Waals surface area (Å²) < 4.78 is 4.88. The van der Waals surface area contributed by atoms with Crippen molar-refractivity contribution in [2.24, 2.45) is 5.92 Å². The van der Waals surface area contributed by atoms with Gasteiger partial charge in [-0.1, -0.05) is 13.5 Å². The molecule has 0 spiro atoms. The topological polar surface area (TPSA) is 41.6 Å². The molecule has 1 fully saturated rings. The van der Waals surface area contributed by atoms with Crippen LogP contribution >= 0.6 is 0 Å². The molecule has 1 aliphatic heterocycles. The van der Waals surface area contributed by atoms with Crippen LogP contribution in [-0.4, -0.2) is 50.2 Å². The van der Waals surface area contributed by atoms with E-state index in [4.69, 9.17) is 4.74 Å². The zero-order valence-electron chi connectivity index (χ0n) is 11.7. The fraction of sp³-hybridized carbons (Fsp3) is 0.786. The molecule has 4 heteroatoms. The maximum absolute atomic E-state index is 11.3. The Morgan fingerprint density at radius 2 is 2.11 bits per heavy atom. The van der Waals surface area contributed by atoms with Gasteiger partial charge in [-0.3, -0.25) is 0 Å². The van der Waals surface area contributed by atoms with Crippen molar-refractivity contribution in [1.29, 1.82) is 0 Å². The Labute approximate surface area is 110 Å². The van der Waals surface area contributed by atoms with Crippen LogP contribution < -0.4 is 5.32 Å². The van der Waals surface area contributed by atoms with Crippen molar-refractivity contribution in [1.82, 2.24) is 10.2 Å². The summed E-state index contributed by atoms with van der Waals surface area (Å²) in [6.45, 7) is 13.2. The van der Waals surface area contributed by atoms with Crippen LogP contribution in [0.4, 0.5) is 0 Å². The first kappa shape index (κ1) is 15.2. The second kappa shape index (κ2) is 8.27. The summed E-state index contributed by atoms with van der Waals surface area (Å²) in [6, 6.07) is 0. The Bertz CT molecular complexity index is 273. The van der Waals surface area contributed by atoms with Gasteiger partial charge >= 0.3 is 5.97 Å². The Morgan fingerprint density at radius 3 is 2.72 bits per heavy atom. The van der Waals surface area contributed by atoms with Crippen LogP contribution in [0.3, 0.4) is 0 Å². The van der Waals surface area contributed by atoms with Gasteiger partial charge in [-0.05, 0) is 45.3 Å². The number of rotatable bonds is 8. The maximum Gasteiger partial charge on any atom is 0.334 e. The smallest absolute Gasteiger partial charge is 0.334 e. The molecular formula is C14H26N2O2. The average Bonchev–Trinajstić information content (AvgIpc) is 2.81. The van der Waals surface area contributed by atoms with Crippen molar-refractivity contribution >= 4 is 5.97 Å². The summed E-state index contributed by atoms with van der Waals surface area (Å²) in [5, 5.41) is 3.27. The van der Waals surface area contributed by atoms with Crippen LogP contribution in [0.2, 0.25) is 0 Å². The third kappa shape index (κ3) is 5.65. The van der Waals surface area contributed by atoms with Crippen LogP contribution in [0.25, 0.3) is 0 Å². The first-order valence-corrected chi connectivity index (χ1v) is 6.91. The fourth-order valence-corrected chi connectivity index (χ4v) is 2.25. The van der Waals surface area contributed by atoms with Gasteiger partial charge in [0, 0.05) is 18.7 Å². The van der Waals surface area contributed by atoms with E-state index in [1.807, 2.05) is 0 Å². The van der Waals surface area contributed by atoms with Crippen LogP contribution in [0.15, 0.2) is 12.2 Å². The van der Waals surface area contributed by atoms with Crippen molar-refractivity contribution < 1.29 is 9.53 Å². The summed E-state index contributed by atoms with van der Waals surface area (Å²) in [4.78, 5) is 13.8. The summed E-state index contributed by atoms with van der Waals surface area (Å²) in [5.74, 6) is 0.301. The lowest BCUT2D eigenvalue weighted by atomic mass is 10.1. The number of hydrogen-bond acceptors (Lipinski definition) is 4. The molecule has 0 aromatic carbocycles. The molecule has 1 atom stereocenters. The molecular weight excluding hydrogens is 228 g/mol. The van der Waals surface area contributed by atoms with Gasteiger partial charge in [0.15, 0.2) is 0 Å². The van der Waals surface area contributed by atoms with Gasteiger partial charge in [0.1, 0.15) is 0 Å². The number of ether oxygens (including phenoxy) is 1. The highest BCUT2D eigenvalue weighted by molar-refractivity contribution is 5.88. The summed E-state index contributed by atoms with van der Waals surface area (Å²) in [6.07, 6.45) is 2.67. The normalized spacial score (nSPS) is 17.7. The molecule has 4 nitrogen and oxygen atoms in total. The summed E-state index contributed by atoms with van der Waals surface area (Å²) in [7, 11) is 0. The van der Waals surface area contributed by atoms with Gasteiger partial charge in [0.05, 0.1) is 6.61 Å². The van der Waals surface area contributed by atoms with E-state index in [0.717, 1.165) is 13.1 Å². The highest BCUT2D eigenvalue weighted by Gasteiger charge is 2.14. The molecule has 0 aromatic heterocycles. The Kier molecular flexibility index (Phi) is 6.98. The standard InChI is InChI=1S/C14H26N2O2/c1-4-18-14(17)13(3)10-15-9-12(2)11-16-7-5-6-8-16/h12,15H,3-11H2,1-2H3. The van der Waals surface area contributed by atoms with Crippen LogP contribution in [0, 0.1) is 5.92 Å². The largest absolute Gasteiger partial charge is 0.463 e. The van der Waals surface area contributed by atoms with Gasteiger partial charge in [0.25, 0.3) is 0 Å². The van der Waals surface area contributed by atoms with E-state index < -0.39 is 0 Å². The number of nitrogens with one attached hydrogen (secondary N) is 1. The van der Waals surface area contributed by atoms with Gasteiger partial charge in [-0.25, -0.2) is 4.79 Å². The minimum atomic E-state index is -0.294. The molecule has 1 N–H and O–H groups in total. The SMILES string of the molecule is C=C(CNCC(C)CN1CCCC1)C(=O)OCC. The lowest BCUT2D eigenvalue weighted by molar-refractivity contribution is -0.138. The van der Waals surface area contributed by atoms with E-state index in [1.165, 1.54) is 25.9 Å². The van der Waals surface area contributed by atoms with E-state index in [9.17, 15) is 4.79 Å². The lowest BCUT2D eigenvalue weighted by Gasteiger charge is -2.20. The molecule has 0 aliphatic carbocycles. The van der Waals surface area contributed by atoms with Gasteiger partial charge in [0.2, 0.25) is 0 Å². The van der Waals surface area contributed by atoms with Crippen molar-refractivity contribution in [3.05, 3.63) is 12.2 Å². The number of carbonyl (C=O) groups excluding carboxylic acids is 1. The Hall–Kier alpha value is -0.870. The molecule has 1 heterocycles. The molecule has 104 valence electrons. The molecule has 1 rings (SSSR count). The molecule has 0 radical (unpaired) electrons. The second-order valence-corrected chi connectivity index (χ2v) is 5.07. The van der Waals surface area contributed by atoms with E-state index in [1.54, 1.807) is 6.92 Å². The number of nitrogens with zero attached hydrogens (tertiary/aromatic N) is 1. The highest BCUT2D eigenvalue weighted by Crippen LogP contribution is 2.09. The molecule has 0 saturated carbocycles. The van der Waals surface area contributed by atoms with E-state index in [2.05, 4.69) is 23.7 Å². The molecule has 1 unspecified atom stereocenters. The summed E-state index contributed by atoms with van der Waals surface area (Å²) >= 11 is 0. The molecule has 0 bridgehead atoms. The van der Waals surface area contributed by atoms with Crippen LogP contribution in [0.1, 0.15) is 26.7 Å². The van der Waals surface area contributed by atoms with Crippen LogP contribution in [0.5, 0.6) is 0 Å². The zero-order chi connectivity index (χ0) is 13.4. The van der Waals surface area contributed by atoms with E-state index in [0.29, 0.717) is 24.6 Å². The predicted molar refractivity (Wildman–Crippen MR) is 73.5 cm³/mol. The second-order valence-electron chi connectivity index (χ2n) is 5.07. The summed E-state index contributed by atoms with van der Waals surface area (Å²) in [5.41, 5.74) is 0.505. The van der Waals surface area contributed by atoms with Crippen molar-refractivity contribution in [2.75, 3.05) is 39.3 Å². The van der Waals surface area contributed by atoms with Crippen molar-refractivity contribution in [2.45, 2.75) is 26.7 Å². The first-order chi connectivity index (χ1) is 8.63. The minimum absolute atomic E-state index is 0.294. The molecule has 0 aromatic rings. The zero-order valence-corrected chi connectivity index (χ0v) is 11.7. The number of likely N-dealkylation sites (tertiary alicyclic amines) is 1. The monoisotopic (exact) mass is 254 g/mol. The minimum Gasteiger partial charge on any atom is -0.463 e. The fourth-order valence-electron chi connectivity index (χ4n) is 2.25. The van der Waals surface area contributed by atoms with Gasteiger partial charge < -0.3 is 15.0 Å². The van der Waals surface area contributed by atoms with Gasteiger partial charge in [-0.2, -0.15) is 0 Å². The lowest BCUT2D eigenvalue weighted by Crippen LogP contribution is -2.33. The molecule has 18 heavy (non-hydrogen) atoms. The highest BCUT2D eigenvalue weighted by atomic mass is 16.5. The van der Waals surface area contributed by atoms with Crippen molar-refractivity contribution in [3.8, 4) is 0 Å². The molecule has 1 saturated heterocycles. The number of esters is 1. The van der Waals surface area contributed by atoms with Crippen molar-refractivity contribution in [3.63, 3.8) is 0 Å².